The highest BCUT2D eigenvalue weighted by Gasteiger charge is 2.21. The summed E-state index contributed by atoms with van der Waals surface area (Å²) in [5.74, 6) is -0.329. The predicted octanol–water partition coefficient (Wildman–Crippen LogP) is 1.57. The predicted molar refractivity (Wildman–Crippen MR) is 120 cm³/mol. The number of rotatable bonds is 5. The monoisotopic (exact) mass is 427 g/mol. The lowest BCUT2D eigenvalue weighted by Gasteiger charge is -2.33. The molecule has 1 aliphatic carbocycles. The summed E-state index contributed by atoms with van der Waals surface area (Å²) in [6.07, 6.45) is 6.21. The van der Waals surface area contributed by atoms with E-state index in [1.54, 1.807) is 11.3 Å². The number of piperazine rings is 1. The van der Waals surface area contributed by atoms with Crippen LogP contribution in [0.25, 0.3) is 0 Å². The van der Waals surface area contributed by atoms with Crippen LogP contribution in [0.1, 0.15) is 45.8 Å². The number of hydrogen-bond donors (Lipinski definition) is 3. The fraction of sp³-hybridized carbons (Fsp3) is 0.478. The molecule has 0 unspecified atom stereocenters. The average molecular weight is 428 g/mol. The third kappa shape index (κ3) is 5.40. The van der Waals surface area contributed by atoms with E-state index in [2.05, 4.69) is 40.0 Å². The number of carbonyl (C=O) groups is 2. The summed E-state index contributed by atoms with van der Waals surface area (Å²) in [5.41, 5.74) is 7.77. The van der Waals surface area contributed by atoms with Crippen molar-refractivity contribution in [3.05, 3.63) is 51.7 Å². The molecule has 6 nitrogen and oxygen atoms in total. The molecule has 0 atom stereocenters. The van der Waals surface area contributed by atoms with Gasteiger partial charge in [-0.1, -0.05) is 24.6 Å². The number of hydrazine groups is 1. The Morgan fingerprint density at radius 1 is 1.00 bits per heavy atom. The smallest absolute Gasteiger partial charge is 0.279 e. The second-order valence-electron chi connectivity index (χ2n) is 8.19. The van der Waals surface area contributed by atoms with Crippen molar-refractivity contribution in [2.45, 2.75) is 38.5 Å². The molecule has 2 heterocycles. The summed E-state index contributed by atoms with van der Waals surface area (Å²) >= 11 is 1.57. The van der Waals surface area contributed by atoms with Gasteiger partial charge in [-0.2, -0.15) is 0 Å². The van der Waals surface area contributed by atoms with Crippen LogP contribution in [0.4, 0.5) is 5.69 Å². The number of aryl methyl sites for hydroxylation is 2. The lowest BCUT2D eigenvalue weighted by atomic mass is 10.1. The largest absolute Gasteiger partial charge is 0.360 e. The first-order chi connectivity index (χ1) is 14.7. The van der Waals surface area contributed by atoms with Crippen LogP contribution in [0.2, 0.25) is 0 Å². The number of nitrogens with one attached hydrogen (secondary N) is 3. The van der Waals surface area contributed by atoms with Crippen LogP contribution in [-0.4, -0.2) is 44.5 Å². The first-order valence-corrected chi connectivity index (χ1v) is 11.8. The van der Waals surface area contributed by atoms with Gasteiger partial charge in [-0.15, -0.1) is 11.3 Å². The maximum atomic E-state index is 12.4. The minimum Gasteiger partial charge on any atom is -0.360 e. The fourth-order valence-electron chi connectivity index (χ4n) is 4.29. The second-order valence-corrected chi connectivity index (χ2v) is 9.33. The van der Waals surface area contributed by atoms with Gasteiger partial charge in [-0.25, -0.2) is 0 Å². The molecule has 1 aliphatic heterocycles. The van der Waals surface area contributed by atoms with Crippen LogP contribution < -0.4 is 20.7 Å². The lowest BCUT2D eigenvalue weighted by molar-refractivity contribution is -0.900. The van der Waals surface area contributed by atoms with Gasteiger partial charge in [-0.3, -0.25) is 20.4 Å². The van der Waals surface area contributed by atoms with Gasteiger partial charge in [0.25, 0.3) is 5.91 Å². The number of amides is 2. The Bertz CT molecular complexity index is 836. The molecule has 1 fully saturated rings. The van der Waals surface area contributed by atoms with E-state index in [0.717, 1.165) is 45.6 Å². The van der Waals surface area contributed by atoms with Crippen molar-refractivity contribution in [1.82, 2.24) is 10.9 Å². The molecule has 0 bridgehead atoms. The van der Waals surface area contributed by atoms with E-state index in [-0.39, 0.29) is 11.8 Å². The van der Waals surface area contributed by atoms with E-state index >= 15 is 0 Å². The molecule has 7 heteroatoms. The van der Waals surface area contributed by atoms with E-state index in [0.29, 0.717) is 11.3 Å². The molecule has 0 spiro atoms. The summed E-state index contributed by atoms with van der Waals surface area (Å²) in [4.78, 5) is 30.5. The van der Waals surface area contributed by atoms with Crippen molar-refractivity contribution < 1.29 is 14.5 Å². The molecule has 2 aliphatic rings. The molecule has 2 aromatic rings. The molecular weight excluding hydrogens is 396 g/mol. The van der Waals surface area contributed by atoms with E-state index < -0.39 is 0 Å². The molecule has 160 valence electrons. The van der Waals surface area contributed by atoms with Crippen molar-refractivity contribution in [3.63, 3.8) is 0 Å². The van der Waals surface area contributed by atoms with Gasteiger partial charge in [0.15, 0.2) is 0 Å². The lowest BCUT2D eigenvalue weighted by Crippen LogP contribution is -3.15. The summed E-state index contributed by atoms with van der Waals surface area (Å²) in [6, 6.07) is 12.5. The molecule has 0 saturated carbocycles. The molecule has 4 rings (SSSR count). The van der Waals surface area contributed by atoms with Crippen LogP contribution >= 0.6 is 11.3 Å². The van der Waals surface area contributed by atoms with Gasteiger partial charge in [0, 0.05) is 10.6 Å². The van der Waals surface area contributed by atoms with E-state index in [4.69, 9.17) is 0 Å². The Morgan fingerprint density at radius 2 is 1.77 bits per heavy atom. The number of fused-ring (bicyclic) bond motifs is 1. The molecule has 1 aromatic heterocycles. The average Bonchev–Trinajstić information content (AvgIpc) is 3.07. The van der Waals surface area contributed by atoms with E-state index in [1.165, 1.54) is 40.3 Å². The Balaban J connectivity index is 1.16. The number of benzene rings is 1. The van der Waals surface area contributed by atoms with Crippen LogP contribution in [0.3, 0.4) is 0 Å². The zero-order valence-corrected chi connectivity index (χ0v) is 18.2. The number of hydrogen-bond acceptors (Lipinski definition) is 4. The topological polar surface area (TPSA) is 65.9 Å². The molecule has 2 amide bonds. The van der Waals surface area contributed by atoms with Gasteiger partial charge >= 0.3 is 0 Å². The van der Waals surface area contributed by atoms with Crippen molar-refractivity contribution in [2.75, 3.05) is 37.6 Å². The zero-order chi connectivity index (χ0) is 20.8. The fourth-order valence-corrected chi connectivity index (χ4v) is 5.44. The Hall–Kier alpha value is -2.38. The molecule has 1 saturated heterocycles. The summed E-state index contributed by atoms with van der Waals surface area (Å²) < 4.78 is 0. The Labute approximate surface area is 182 Å². The summed E-state index contributed by atoms with van der Waals surface area (Å²) in [6.45, 7) is 4.84. The maximum absolute atomic E-state index is 12.4. The van der Waals surface area contributed by atoms with Gasteiger partial charge < -0.3 is 9.80 Å². The molecule has 0 radical (unpaired) electrons. The van der Waals surface area contributed by atoms with E-state index in [9.17, 15) is 9.59 Å². The van der Waals surface area contributed by atoms with Crippen molar-refractivity contribution in [3.8, 4) is 0 Å². The van der Waals surface area contributed by atoms with Crippen LogP contribution in [0.5, 0.6) is 0 Å². The standard InChI is InChI=1S/C23H30N4O2S/c28-22(11-12-26-13-15-27(16-14-26)19-8-4-2-5-9-19)24-25-23(29)21-17-18-7-3-1-6-10-20(18)30-21/h2,4-5,8-9,17H,1,3,6-7,10-16H2,(H,24,28)(H,25,29)/p+1. The van der Waals surface area contributed by atoms with Crippen LogP contribution in [0.15, 0.2) is 36.4 Å². The minimum atomic E-state index is -0.203. The SMILES string of the molecule is O=C(CC[NH+]1CCN(c2ccccc2)CC1)NNC(=O)c1cc2c(s1)CCCCC2. The number of nitrogens with zero attached hydrogens (tertiary/aromatic N) is 1. The van der Waals surface area contributed by atoms with Crippen molar-refractivity contribution >= 4 is 28.8 Å². The quantitative estimate of drug-likeness (QED) is 0.501. The van der Waals surface area contributed by atoms with Gasteiger partial charge in [0.05, 0.1) is 44.0 Å². The number of carbonyl (C=O) groups excluding carboxylic acids is 2. The molecular formula is C23H31N4O2S+. The van der Waals surface area contributed by atoms with Crippen molar-refractivity contribution in [2.24, 2.45) is 0 Å². The molecule has 1 aromatic carbocycles. The minimum absolute atomic E-state index is 0.126. The van der Waals surface area contributed by atoms with Gasteiger partial charge in [0.2, 0.25) is 5.91 Å². The highest BCUT2D eigenvalue weighted by atomic mass is 32.1. The summed E-state index contributed by atoms with van der Waals surface area (Å²) in [5, 5.41) is 0. The van der Waals surface area contributed by atoms with Crippen LogP contribution in [-0.2, 0) is 17.6 Å². The highest BCUT2D eigenvalue weighted by Crippen LogP contribution is 2.28. The zero-order valence-electron chi connectivity index (χ0n) is 17.4. The second kappa shape index (κ2) is 10.1. The van der Waals surface area contributed by atoms with E-state index in [1.807, 2.05) is 12.1 Å². The van der Waals surface area contributed by atoms with Gasteiger partial charge in [0.1, 0.15) is 0 Å². The first-order valence-electron chi connectivity index (χ1n) is 11.0. The third-order valence-corrected chi connectivity index (χ3v) is 7.32. The highest BCUT2D eigenvalue weighted by molar-refractivity contribution is 7.14. The Kier molecular flexibility index (Phi) is 7.02. The maximum Gasteiger partial charge on any atom is 0.279 e. The number of thiophene rings is 1. The third-order valence-electron chi connectivity index (χ3n) is 6.08. The van der Waals surface area contributed by atoms with Crippen molar-refractivity contribution in [1.29, 1.82) is 0 Å². The Morgan fingerprint density at radius 3 is 2.57 bits per heavy atom. The first kappa shape index (κ1) is 20.9. The van der Waals surface area contributed by atoms with Crippen LogP contribution in [0, 0.1) is 0 Å². The molecule has 30 heavy (non-hydrogen) atoms. The summed E-state index contributed by atoms with van der Waals surface area (Å²) in [7, 11) is 0. The number of anilines is 1. The molecule has 3 N–H and O–H groups in total. The van der Waals surface area contributed by atoms with Gasteiger partial charge in [-0.05, 0) is 49.4 Å². The number of quaternary nitrogens is 1. The number of para-hydroxylation sites is 1. The normalized spacial score (nSPS) is 17.1.